The van der Waals surface area contributed by atoms with Gasteiger partial charge in [0, 0.05) is 18.9 Å². The Kier molecular flexibility index (Phi) is 6.51. The molecule has 2 aromatic carbocycles. The summed E-state index contributed by atoms with van der Waals surface area (Å²) in [6, 6.07) is 13.6. The van der Waals surface area contributed by atoms with Crippen LogP contribution < -0.4 is 15.4 Å². The van der Waals surface area contributed by atoms with Gasteiger partial charge in [0.1, 0.15) is 11.6 Å². The van der Waals surface area contributed by atoms with Gasteiger partial charge in [-0.15, -0.1) is 0 Å². The molecular formula is C21H21FN4O2. The van der Waals surface area contributed by atoms with Crippen molar-refractivity contribution in [1.82, 2.24) is 9.97 Å². The van der Waals surface area contributed by atoms with Gasteiger partial charge in [0.2, 0.25) is 5.95 Å². The van der Waals surface area contributed by atoms with Crippen LogP contribution in [-0.2, 0) is 6.42 Å². The molecule has 2 N–H and O–H groups in total. The maximum absolute atomic E-state index is 12.9. The summed E-state index contributed by atoms with van der Waals surface area (Å²) in [6.45, 7) is 2.99. The number of benzene rings is 2. The van der Waals surface area contributed by atoms with E-state index in [2.05, 4.69) is 20.6 Å². The molecule has 1 aromatic heterocycles. The smallest absolute Gasteiger partial charge is 0.258 e. The van der Waals surface area contributed by atoms with Crippen molar-refractivity contribution in [2.24, 2.45) is 0 Å². The summed E-state index contributed by atoms with van der Waals surface area (Å²) in [4.78, 5) is 20.8. The fraction of sp³-hybridized carbons (Fsp3) is 0.190. The number of carbonyl (C=O) groups is 1. The first-order valence-electron chi connectivity index (χ1n) is 8.99. The van der Waals surface area contributed by atoms with Crippen molar-refractivity contribution in [2.75, 3.05) is 23.8 Å². The summed E-state index contributed by atoms with van der Waals surface area (Å²) >= 11 is 0. The second-order valence-corrected chi connectivity index (χ2v) is 5.98. The maximum Gasteiger partial charge on any atom is 0.258 e. The van der Waals surface area contributed by atoms with Gasteiger partial charge in [0.05, 0.1) is 17.9 Å². The van der Waals surface area contributed by atoms with Crippen molar-refractivity contribution >= 4 is 17.5 Å². The van der Waals surface area contributed by atoms with Crippen LogP contribution in [0.4, 0.5) is 16.0 Å². The van der Waals surface area contributed by atoms with E-state index in [1.54, 1.807) is 24.3 Å². The second kappa shape index (κ2) is 9.45. The normalized spacial score (nSPS) is 10.4. The predicted octanol–water partition coefficient (Wildman–Crippen LogP) is 3.92. The van der Waals surface area contributed by atoms with Crippen LogP contribution in [-0.4, -0.2) is 29.0 Å². The molecule has 0 radical (unpaired) electrons. The van der Waals surface area contributed by atoms with Gasteiger partial charge in [-0.1, -0.05) is 24.3 Å². The Morgan fingerprint density at radius 1 is 1.07 bits per heavy atom. The zero-order valence-electron chi connectivity index (χ0n) is 15.5. The molecule has 0 unspecified atom stereocenters. The molecule has 0 aliphatic rings. The molecule has 3 rings (SSSR count). The van der Waals surface area contributed by atoms with Gasteiger partial charge < -0.3 is 15.4 Å². The number of amides is 1. The number of rotatable bonds is 8. The van der Waals surface area contributed by atoms with E-state index in [-0.39, 0.29) is 11.7 Å². The summed E-state index contributed by atoms with van der Waals surface area (Å²) in [7, 11) is 0. The molecule has 6 nitrogen and oxygen atoms in total. The molecule has 1 amide bonds. The summed E-state index contributed by atoms with van der Waals surface area (Å²) in [5, 5.41) is 5.89. The number of aromatic nitrogens is 2. The van der Waals surface area contributed by atoms with Crippen LogP contribution in [0.3, 0.4) is 0 Å². The summed E-state index contributed by atoms with van der Waals surface area (Å²) in [5.74, 6) is 0.467. The number of para-hydroxylation sites is 2. The third-order valence-electron chi connectivity index (χ3n) is 3.96. The molecule has 7 heteroatoms. The van der Waals surface area contributed by atoms with Crippen molar-refractivity contribution < 1.29 is 13.9 Å². The summed E-state index contributed by atoms with van der Waals surface area (Å²) in [5.41, 5.74) is 1.95. The minimum Gasteiger partial charge on any atom is -0.492 e. The minimum absolute atomic E-state index is 0.252. The number of nitrogens with zero attached hydrogens (tertiary/aromatic N) is 2. The van der Waals surface area contributed by atoms with Crippen LogP contribution in [0, 0.1) is 5.82 Å². The molecule has 0 aliphatic heterocycles. The second-order valence-electron chi connectivity index (χ2n) is 5.98. The molecule has 144 valence electrons. The van der Waals surface area contributed by atoms with Crippen molar-refractivity contribution in [2.45, 2.75) is 13.3 Å². The first-order valence-corrected chi connectivity index (χ1v) is 8.99. The number of hydrogen-bond donors (Lipinski definition) is 2. The first-order chi connectivity index (χ1) is 13.7. The van der Waals surface area contributed by atoms with Gasteiger partial charge in [0.15, 0.2) is 0 Å². The molecule has 0 fully saturated rings. The SMILES string of the molecule is CCOc1ccccc1NC(=O)c1cnc(NCCc2ccc(F)cc2)nc1. The van der Waals surface area contributed by atoms with Crippen LogP contribution in [0.5, 0.6) is 5.75 Å². The van der Waals surface area contributed by atoms with E-state index >= 15 is 0 Å². The van der Waals surface area contributed by atoms with Gasteiger partial charge in [-0.05, 0) is 43.2 Å². The topological polar surface area (TPSA) is 76.1 Å². The van der Waals surface area contributed by atoms with Gasteiger partial charge in [0.25, 0.3) is 5.91 Å². The Morgan fingerprint density at radius 3 is 2.50 bits per heavy atom. The van der Waals surface area contributed by atoms with E-state index in [1.807, 2.05) is 19.1 Å². The molecule has 1 heterocycles. The lowest BCUT2D eigenvalue weighted by molar-refractivity contribution is 0.102. The van der Waals surface area contributed by atoms with Gasteiger partial charge in [-0.25, -0.2) is 14.4 Å². The lowest BCUT2D eigenvalue weighted by Crippen LogP contribution is -2.14. The van der Waals surface area contributed by atoms with Crippen molar-refractivity contribution in [3.63, 3.8) is 0 Å². The van der Waals surface area contributed by atoms with E-state index in [9.17, 15) is 9.18 Å². The number of halogens is 1. The van der Waals surface area contributed by atoms with Crippen molar-refractivity contribution in [3.8, 4) is 5.75 Å². The number of anilines is 2. The quantitative estimate of drug-likeness (QED) is 0.619. The third-order valence-corrected chi connectivity index (χ3v) is 3.96. The van der Waals surface area contributed by atoms with Crippen molar-refractivity contribution in [1.29, 1.82) is 0 Å². The Balaban J connectivity index is 1.55. The fourth-order valence-corrected chi connectivity index (χ4v) is 2.55. The van der Waals surface area contributed by atoms with Crippen molar-refractivity contribution in [3.05, 3.63) is 77.9 Å². The predicted molar refractivity (Wildman–Crippen MR) is 106 cm³/mol. The number of carbonyl (C=O) groups excluding carboxylic acids is 1. The highest BCUT2D eigenvalue weighted by Gasteiger charge is 2.10. The third kappa shape index (κ3) is 5.26. The van der Waals surface area contributed by atoms with Gasteiger partial charge in [-0.3, -0.25) is 4.79 Å². The van der Waals surface area contributed by atoms with Crippen LogP contribution in [0.25, 0.3) is 0 Å². The number of nitrogens with one attached hydrogen (secondary N) is 2. The molecule has 0 bridgehead atoms. The Morgan fingerprint density at radius 2 is 1.79 bits per heavy atom. The largest absolute Gasteiger partial charge is 0.492 e. The zero-order valence-corrected chi connectivity index (χ0v) is 15.5. The summed E-state index contributed by atoms with van der Waals surface area (Å²) in [6.07, 6.45) is 3.64. The average Bonchev–Trinajstić information content (AvgIpc) is 2.71. The lowest BCUT2D eigenvalue weighted by atomic mass is 10.1. The average molecular weight is 380 g/mol. The van der Waals surface area contributed by atoms with E-state index in [1.165, 1.54) is 24.5 Å². The maximum atomic E-state index is 12.9. The Labute approximate surface area is 162 Å². The van der Waals surface area contributed by atoms with Gasteiger partial charge in [-0.2, -0.15) is 0 Å². The van der Waals surface area contributed by atoms with E-state index in [4.69, 9.17) is 4.74 Å². The highest BCUT2D eigenvalue weighted by molar-refractivity contribution is 6.04. The number of ether oxygens (including phenoxy) is 1. The molecule has 0 saturated carbocycles. The standard InChI is InChI=1S/C21H21FN4O2/c1-2-28-19-6-4-3-5-18(19)26-20(27)16-13-24-21(25-14-16)23-12-11-15-7-9-17(22)10-8-15/h3-10,13-14H,2,11-12H2,1H3,(H,26,27)(H,23,24,25). The first kappa shape index (κ1) is 19.3. The Bertz CT molecular complexity index is 914. The molecule has 0 saturated heterocycles. The zero-order chi connectivity index (χ0) is 19.8. The molecule has 0 atom stereocenters. The van der Waals surface area contributed by atoms with Crippen LogP contribution in [0.2, 0.25) is 0 Å². The van der Waals surface area contributed by atoms with Crippen LogP contribution >= 0.6 is 0 Å². The fourth-order valence-electron chi connectivity index (χ4n) is 2.55. The molecule has 28 heavy (non-hydrogen) atoms. The molecule has 3 aromatic rings. The van der Waals surface area contributed by atoms with Gasteiger partial charge >= 0.3 is 0 Å². The number of hydrogen-bond acceptors (Lipinski definition) is 5. The van der Waals surface area contributed by atoms with Crippen LogP contribution in [0.1, 0.15) is 22.8 Å². The Hall–Kier alpha value is -3.48. The van der Waals surface area contributed by atoms with Crippen LogP contribution in [0.15, 0.2) is 60.9 Å². The van der Waals surface area contributed by atoms with E-state index < -0.39 is 0 Å². The minimum atomic E-state index is -0.315. The molecule has 0 aliphatic carbocycles. The lowest BCUT2D eigenvalue weighted by Gasteiger charge is -2.11. The van der Waals surface area contributed by atoms with E-state index in [0.29, 0.717) is 42.5 Å². The molecule has 0 spiro atoms. The summed E-state index contributed by atoms with van der Waals surface area (Å²) < 4.78 is 18.4. The highest BCUT2D eigenvalue weighted by atomic mass is 19.1. The highest BCUT2D eigenvalue weighted by Crippen LogP contribution is 2.24. The van der Waals surface area contributed by atoms with E-state index in [0.717, 1.165) is 5.56 Å². The monoisotopic (exact) mass is 380 g/mol. The molecular weight excluding hydrogens is 359 g/mol.